The molecule has 0 saturated heterocycles. The van der Waals surface area contributed by atoms with Crippen LogP contribution in [0.5, 0.6) is 5.88 Å². The Morgan fingerprint density at radius 3 is 3.00 bits per heavy atom. The number of amides is 1. The summed E-state index contributed by atoms with van der Waals surface area (Å²) in [4.78, 5) is 16.1. The van der Waals surface area contributed by atoms with Gasteiger partial charge in [0.2, 0.25) is 5.88 Å². The molecule has 0 aromatic carbocycles. The first-order valence-electron chi connectivity index (χ1n) is 7.31. The highest BCUT2D eigenvalue weighted by molar-refractivity contribution is 5.95. The summed E-state index contributed by atoms with van der Waals surface area (Å²) >= 11 is 0. The Kier molecular flexibility index (Phi) is 3.61. The van der Waals surface area contributed by atoms with Crippen molar-refractivity contribution < 1.29 is 9.53 Å². The summed E-state index contributed by atoms with van der Waals surface area (Å²) in [6.45, 7) is 1.01. The highest BCUT2D eigenvalue weighted by atomic mass is 16.5. The van der Waals surface area contributed by atoms with Crippen LogP contribution in [0.2, 0.25) is 0 Å². The molecule has 0 atom stereocenters. The van der Waals surface area contributed by atoms with E-state index in [1.807, 2.05) is 13.1 Å². The molecule has 1 fully saturated rings. The third kappa shape index (κ3) is 2.50. The summed E-state index contributed by atoms with van der Waals surface area (Å²) in [6, 6.07) is 1.87. The fraction of sp³-hybridized carbons (Fsp3) is 0.600. The van der Waals surface area contributed by atoms with Gasteiger partial charge in [0.15, 0.2) is 0 Å². The van der Waals surface area contributed by atoms with E-state index in [0.29, 0.717) is 17.4 Å². The Bertz CT molecular complexity index is 524. The van der Waals surface area contributed by atoms with Gasteiger partial charge in [-0.2, -0.15) is 0 Å². The number of aryl methyl sites for hydroxylation is 2. The lowest BCUT2D eigenvalue weighted by molar-refractivity contribution is 0.0601. The minimum atomic E-state index is -0.451. The number of hydrogen-bond donors (Lipinski definition) is 2. The van der Waals surface area contributed by atoms with Crippen molar-refractivity contribution in [2.45, 2.75) is 38.2 Å². The third-order valence-corrected chi connectivity index (χ3v) is 4.24. The molecule has 3 N–H and O–H groups in total. The zero-order valence-corrected chi connectivity index (χ0v) is 11.8. The van der Waals surface area contributed by atoms with Gasteiger partial charge in [0, 0.05) is 5.69 Å². The average Bonchev–Trinajstić information content (AvgIpc) is 2.82. The topological polar surface area (TPSA) is 77.2 Å². The lowest BCUT2D eigenvalue weighted by Crippen LogP contribution is -2.39. The van der Waals surface area contributed by atoms with Crippen LogP contribution in [0.1, 0.15) is 40.9 Å². The highest BCUT2D eigenvalue weighted by Gasteiger charge is 2.32. The number of rotatable bonds is 5. The van der Waals surface area contributed by atoms with E-state index >= 15 is 0 Å². The molecule has 2 aliphatic rings. The van der Waals surface area contributed by atoms with Crippen molar-refractivity contribution >= 4 is 5.91 Å². The second kappa shape index (κ2) is 5.40. The maximum atomic E-state index is 11.6. The van der Waals surface area contributed by atoms with Crippen LogP contribution in [-0.2, 0) is 12.8 Å². The normalized spacial score (nSPS) is 24.1. The number of carbonyl (C=O) groups is 1. The Morgan fingerprint density at radius 1 is 1.50 bits per heavy atom. The van der Waals surface area contributed by atoms with Crippen LogP contribution < -0.4 is 15.8 Å². The number of ether oxygens (including phenoxy) is 1. The molecule has 2 aliphatic carbocycles. The number of nitrogens with one attached hydrogen (secondary N) is 1. The predicted octanol–water partition coefficient (Wildman–Crippen LogP) is 1.05. The third-order valence-electron chi connectivity index (χ3n) is 4.24. The molecule has 1 amide bonds. The number of pyridine rings is 1. The molecule has 0 spiro atoms. The molecule has 0 unspecified atom stereocenters. The zero-order chi connectivity index (χ0) is 14.1. The van der Waals surface area contributed by atoms with Gasteiger partial charge in [-0.15, -0.1) is 0 Å². The van der Waals surface area contributed by atoms with E-state index in [2.05, 4.69) is 10.3 Å². The van der Waals surface area contributed by atoms with Crippen molar-refractivity contribution in [1.29, 1.82) is 0 Å². The lowest BCUT2D eigenvalue weighted by atomic mass is 9.82. The number of hydrogen-bond acceptors (Lipinski definition) is 4. The lowest BCUT2D eigenvalue weighted by Gasteiger charge is -2.35. The molecule has 3 rings (SSSR count). The van der Waals surface area contributed by atoms with Crippen LogP contribution in [0, 0.1) is 5.92 Å². The molecule has 5 nitrogen and oxygen atoms in total. The molecule has 108 valence electrons. The maximum Gasteiger partial charge on any atom is 0.254 e. The van der Waals surface area contributed by atoms with Crippen molar-refractivity contribution in [3.8, 4) is 5.88 Å². The van der Waals surface area contributed by atoms with Crippen LogP contribution in [0.3, 0.4) is 0 Å². The Morgan fingerprint density at radius 2 is 2.30 bits per heavy atom. The van der Waals surface area contributed by atoms with E-state index in [-0.39, 0.29) is 6.10 Å². The van der Waals surface area contributed by atoms with Crippen molar-refractivity contribution in [3.05, 3.63) is 22.9 Å². The number of nitrogens with two attached hydrogens (primary N) is 1. The first-order chi connectivity index (χ1) is 9.67. The molecule has 0 aliphatic heterocycles. The molecule has 1 heterocycles. The molecule has 20 heavy (non-hydrogen) atoms. The molecular formula is C15H21N3O2. The van der Waals surface area contributed by atoms with Gasteiger partial charge >= 0.3 is 0 Å². The number of nitrogens with zero attached hydrogens (tertiary/aromatic N) is 1. The summed E-state index contributed by atoms with van der Waals surface area (Å²) in [5, 5.41) is 3.17. The minimum Gasteiger partial charge on any atom is -0.474 e. The molecule has 0 radical (unpaired) electrons. The van der Waals surface area contributed by atoms with Gasteiger partial charge < -0.3 is 15.8 Å². The van der Waals surface area contributed by atoms with E-state index in [0.717, 1.165) is 49.9 Å². The Hall–Kier alpha value is -1.62. The van der Waals surface area contributed by atoms with Crippen LogP contribution in [0.4, 0.5) is 0 Å². The monoisotopic (exact) mass is 275 g/mol. The number of carbonyl (C=O) groups excluding carboxylic acids is 1. The van der Waals surface area contributed by atoms with Gasteiger partial charge in [-0.25, -0.2) is 4.98 Å². The summed E-state index contributed by atoms with van der Waals surface area (Å²) in [6.07, 6.45) is 5.24. The number of fused-ring (bicyclic) bond motifs is 1. The highest BCUT2D eigenvalue weighted by Crippen LogP contribution is 2.33. The van der Waals surface area contributed by atoms with Crippen molar-refractivity contribution in [1.82, 2.24) is 10.3 Å². The predicted molar refractivity (Wildman–Crippen MR) is 75.8 cm³/mol. The average molecular weight is 275 g/mol. The van der Waals surface area contributed by atoms with Gasteiger partial charge in [0.1, 0.15) is 11.7 Å². The smallest absolute Gasteiger partial charge is 0.254 e. The standard InChI is InChI=1S/C15H21N3O2/c1-17-8-9-5-11(6-9)20-15-12(14(16)19)7-10-3-2-4-13(10)18-15/h7,9,11,17H,2-6,8H2,1H3,(H2,16,19). The number of primary amides is 1. The number of aromatic nitrogens is 1. The van der Waals surface area contributed by atoms with Crippen molar-refractivity contribution in [2.24, 2.45) is 11.7 Å². The summed E-state index contributed by atoms with van der Waals surface area (Å²) in [5.74, 6) is 0.649. The van der Waals surface area contributed by atoms with E-state index < -0.39 is 5.91 Å². The second-order valence-corrected chi connectivity index (χ2v) is 5.80. The first-order valence-corrected chi connectivity index (χ1v) is 7.31. The fourth-order valence-corrected chi connectivity index (χ4v) is 3.10. The van der Waals surface area contributed by atoms with Crippen molar-refractivity contribution in [3.63, 3.8) is 0 Å². The molecule has 5 heteroatoms. The van der Waals surface area contributed by atoms with E-state index in [4.69, 9.17) is 10.5 Å². The molecule has 0 bridgehead atoms. The zero-order valence-electron chi connectivity index (χ0n) is 11.8. The SMILES string of the molecule is CNCC1CC(Oc2nc3c(cc2C(N)=O)CCC3)C1. The quantitative estimate of drug-likeness (QED) is 0.842. The van der Waals surface area contributed by atoms with Crippen LogP contribution in [-0.4, -0.2) is 30.6 Å². The van der Waals surface area contributed by atoms with Crippen LogP contribution >= 0.6 is 0 Å². The molecule has 1 aromatic rings. The van der Waals surface area contributed by atoms with Gasteiger partial charge in [0.05, 0.1) is 0 Å². The fourth-order valence-electron chi connectivity index (χ4n) is 3.10. The molecular weight excluding hydrogens is 254 g/mol. The maximum absolute atomic E-state index is 11.6. The Balaban J connectivity index is 1.74. The van der Waals surface area contributed by atoms with Crippen LogP contribution in [0.25, 0.3) is 0 Å². The Labute approximate surface area is 118 Å². The summed E-state index contributed by atoms with van der Waals surface area (Å²) in [5.41, 5.74) is 8.09. The van der Waals surface area contributed by atoms with Gasteiger partial charge in [-0.3, -0.25) is 4.79 Å². The summed E-state index contributed by atoms with van der Waals surface area (Å²) < 4.78 is 5.90. The minimum absolute atomic E-state index is 0.165. The van der Waals surface area contributed by atoms with Gasteiger partial charge in [-0.05, 0) is 63.2 Å². The van der Waals surface area contributed by atoms with Crippen LogP contribution in [0.15, 0.2) is 6.07 Å². The van der Waals surface area contributed by atoms with Gasteiger partial charge in [0.25, 0.3) is 5.91 Å². The molecule has 1 aromatic heterocycles. The molecule has 1 saturated carbocycles. The summed E-state index contributed by atoms with van der Waals surface area (Å²) in [7, 11) is 1.96. The van der Waals surface area contributed by atoms with E-state index in [1.165, 1.54) is 0 Å². The largest absolute Gasteiger partial charge is 0.474 e. The second-order valence-electron chi connectivity index (χ2n) is 5.80. The van der Waals surface area contributed by atoms with Crippen molar-refractivity contribution in [2.75, 3.05) is 13.6 Å². The first kappa shape index (κ1) is 13.4. The van der Waals surface area contributed by atoms with E-state index in [1.54, 1.807) is 0 Å². The van der Waals surface area contributed by atoms with E-state index in [9.17, 15) is 4.79 Å². The van der Waals surface area contributed by atoms with Gasteiger partial charge in [-0.1, -0.05) is 0 Å².